The molecule has 2 heterocycles. The van der Waals surface area contributed by atoms with Crippen LogP contribution in [-0.2, 0) is 0 Å². The van der Waals surface area contributed by atoms with Crippen LogP contribution in [0, 0.1) is 0 Å². The van der Waals surface area contributed by atoms with E-state index >= 15 is 0 Å². The number of rotatable bonds is 6. The number of imide groups is 1. The van der Waals surface area contributed by atoms with Crippen LogP contribution in [0.5, 0.6) is 0 Å². The molecule has 4 rings (SSSR count). The highest BCUT2D eigenvalue weighted by atomic mass is 79.9. The highest BCUT2D eigenvalue weighted by molar-refractivity contribution is 9.09. The number of benzene rings is 2. The number of alkyl halides is 1. The maximum Gasteiger partial charge on any atom is 0.261 e. The summed E-state index contributed by atoms with van der Waals surface area (Å²) in [6.45, 7) is 7.58. The van der Waals surface area contributed by atoms with Gasteiger partial charge in [-0.25, -0.2) is 0 Å². The van der Waals surface area contributed by atoms with Crippen LogP contribution in [0.4, 0.5) is 5.69 Å². The Morgan fingerprint density at radius 2 is 1.64 bits per heavy atom. The summed E-state index contributed by atoms with van der Waals surface area (Å²) in [5.41, 5.74) is 2.44. The van der Waals surface area contributed by atoms with Gasteiger partial charge in [0, 0.05) is 72.2 Å². The van der Waals surface area contributed by atoms with E-state index in [1.807, 2.05) is 24.3 Å². The van der Waals surface area contributed by atoms with Crippen molar-refractivity contribution in [3.05, 3.63) is 41.5 Å². The summed E-state index contributed by atoms with van der Waals surface area (Å²) in [6, 6.07) is 9.83. The Hall–Kier alpha value is -1.92. The van der Waals surface area contributed by atoms with E-state index < -0.39 is 0 Å². The van der Waals surface area contributed by atoms with Gasteiger partial charge in [0.2, 0.25) is 0 Å². The number of halogens is 1. The fourth-order valence-corrected chi connectivity index (χ4v) is 4.76. The zero-order chi connectivity index (χ0) is 19.7. The lowest BCUT2D eigenvalue weighted by atomic mass is 9.92. The molecule has 0 saturated carbocycles. The van der Waals surface area contributed by atoms with Crippen molar-refractivity contribution in [2.24, 2.45) is 0 Å². The van der Waals surface area contributed by atoms with E-state index in [9.17, 15) is 9.59 Å². The van der Waals surface area contributed by atoms with Crippen LogP contribution in [-0.4, -0.2) is 66.2 Å². The number of nitrogens with zero attached hydrogens (tertiary/aromatic N) is 3. The number of hydrogen-bond donors (Lipinski definition) is 0. The third-order valence-corrected chi connectivity index (χ3v) is 6.17. The number of unbranched alkanes of at least 4 members (excludes halogenated alkanes) is 1. The summed E-state index contributed by atoms with van der Waals surface area (Å²) in [5.74, 6) is -0.313. The van der Waals surface area contributed by atoms with Gasteiger partial charge in [-0.1, -0.05) is 41.4 Å². The standard InChI is InChI=1S/C22H26BrN3O2/c1-2-3-10-26-21(27)17-6-4-5-16-19(8-7-18(20(16)17)22(26)28)25-14-12-24(11-9-23)13-15-25/h4-8H,2-3,9-15H2,1H3. The molecule has 0 spiro atoms. The highest BCUT2D eigenvalue weighted by Crippen LogP contribution is 2.36. The van der Waals surface area contributed by atoms with Crippen molar-refractivity contribution in [2.75, 3.05) is 49.5 Å². The van der Waals surface area contributed by atoms with Crippen molar-refractivity contribution in [2.45, 2.75) is 19.8 Å². The predicted octanol–water partition coefficient (Wildman–Crippen LogP) is 3.75. The molecule has 6 heteroatoms. The average Bonchev–Trinajstić information content (AvgIpc) is 2.72. The molecular formula is C22H26BrN3O2. The SMILES string of the molecule is CCCCN1C(=O)c2cccc3c(N4CCN(CCBr)CC4)ccc(c23)C1=O. The lowest BCUT2D eigenvalue weighted by Crippen LogP contribution is -2.47. The maximum atomic E-state index is 13.0. The minimum Gasteiger partial charge on any atom is -0.368 e. The Bertz CT molecular complexity index is 884. The Morgan fingerprint density at radius 1 is 0.929 bits per heavy atom. The van der Waals surface area contributed by atoms with Crippen molar-refractivity contribution in [1.82, 2.24) is 9.80 Å². The quantitative estimate of drug-likeness (QED) is 0.503. The van der Waals surface area contributed by atoms with E-state index in [0.29, 0.717) is 17.7 Å². The van der Waals surface area contributed by atoms with Gasteiger partial charge in [-0.2, -0.15) is 0 Å². The van der Waals surface area contributed by atoms with E-state index in [4.69, 9.17) is 0 Å². The van der Waals surface area contributed by atoms with Crippen LogP contribution >= 0.6 is 15.9 Å². The molecule has 1 saturated heterocycles. The summed E-state index contributed by atoms with van der Waals surface area (Å²) < 4.78 is 0. The Kier molecular flexibility index (Phi) is 5.69. The summed E-state index contributed by atoms with van der Waals surface area (Å²) in [5, 5.41) is 2.83. The topological polar surface area (TPSA) is 43.9 Å². The fraction of sp³-hybridized carbons (Fsp3) is 0.455. The van der Waals surface area contributed by atoms with Gasteiger partial charge in [-0.3, -0.25) is 19.4 Å². The molecule has 0 atom stereocenters. The molecule has 0 unspecified atom stereocenters. The minimum absolute atomic E-state index is 0.157. The van der Waals surface area contributed by atoms with Gasteiger partial charge < -0.3 is 4.90 Å². The largest absolute Gasteiger partial charge is 0.368 e. The van der Waals surface area contributed by atoms with Crippen molar-refractivity contribution in [3.8, 4) is 0 Å². The minimum atomic E-state index is -0.157. The van der Waals surface area contributed by atoms with Gasteiger partial charge in [0.05, 0.1) is 0 Å². The monoisotopic (exact) mass is 443 g/mol. The first-order chi connectivity index (χ1) is 13.7. The van der Waals surface area contributed by atoms with Crippen LogP contribution in [0.25, 0.3) is 10.8 Å². The van der Waals surface area contributed by atoms with E-state index in [-0.39, 0.29) is 11.8 Å². The summed E-state index contributed by atoms with van der Waals surface area (Å²) in [4.78, 5) is 32.3. The van der Waals surface area contributed by atoms with Crippen molar-refractivity contribution in [1.29, 1.82) is 0 Å². The second kappa shape index (κ2) is 8.21. The molecule has 0 aliphatic carbocycles. The number of hydrogen-bond acceptors (Lipinski definition) is 4. The van der Waals surface area contributed by atoms with Crippen LogP contribution in [0.15, 0.2) is 30.3 Å². The first-order valence-electron chi connectivity index (χ1n) is 10.1. The number of anilines is 1. The number of piperazine rings is 1. The molecule has 0 aromatic heterocycles. The molecule has 5 nitrogen and oxygen atoms in total. The molecule has 2 aliphatic heterocycles. The molecule has 2 aromatic rings. The van der Waals surface area contributed by atoms with Crippen molar-refractivity contribution >= 4 is 44.2 Å². The third-order valence-electron chi connectivity index (χ3n) is 5.82. The normalized spacial score (nSPS) is 17.6. The molecule has 2 aliphatic rings. The number of amides is 2. The van der Waals surface area contributed by atoms with Crippen molar-refractivity contribution in [3.63, 3.8) is 0 Å². The molecule has 0 radical (unpaired) electrons. The number of carbonyl (C=O) groups is 2. The van der Waals surface area contributed by atoms with Gasteiger partial charge in [0.25, 0.3) is 11.8 Å². The lowest BCUT2D eigenvalue weighted by Gasteiger charge is -2.37. The van der Waals surface area contributed by atoms with Crippen LogP contribution in [0.1, 0.15) is 40.5 Å². The van der Waals surface area contributed by atoms with Gasteiger partial charge in [-0.05, 0) is 24.6 Å². The molecule has 0 N–H and O–H groups in total. The van der Waals surface area contributed by atoms with Gasteiger partial charge in [-0.15, -0.1) is 0 Å². The Balaban J connectivity index is 1.71. The molecule has 28 heavy (non-hydrogen) atoms. The molecule has 2 amide bonds. The van der Waals surface area contributed by atoms with Gasteiger partial charge in [0.1, 0.15) is 0 Å². The van der Waals surface area contributed by atoms with Crippen LogP contribution in [0.3, 0.4) is 0 Å². The second-order valence-corrected chi connectivity index (χ2v) is 8.29. The van der Waals surface area contributed by atoms with Crippen LogP contribution in [0.2, 0.25) is 0 Å². The van der Waals surface area contributed by atoms with E-state index in [0.717, 1.165) is 67.4 Å². The van der Waals surface area contributed by atoms with E-state index in [1.165, 1.54) is 4.90 Å². The number of carbonyl (C=O) groups excluding carboxylic acids is 2. The van der Waals surface area contributed by atoms with E-state index in [1.54, 1.807) is 0 Å². The van der Waals surface area contributed by atoms with Crippen LogP contribution < -0.4 is 4.90 Å². The molecule has 148 valence electrons. The third kappa shape index (κ3) is 3.33. The zero-order valence-corrected chi connectivity index (χ0v) is 17.9. The summed E-state index contributed by atoms with van der Waals surface area (Å²) in [6.07, 6.45) is 1.79. The second-order valence-electron chi connectivity index (χ2n) is 7.49. The first-order valence-corrected chi connectivity index (χ1v) is 11.2. The summed E-state index contributed by atoms with van der Waals surface area (Å²) >= 11 is 3.52. The lowest BCUT2D eigenvalue weighted by molar-refractivity contribution is 0.0608. The predicted molar refractivity (Wildman–Crippen MR) is 117 cm³/mol. The Morgan fingerprint density at radius 3 is 2.32 bits per heavy atom. The van der Waals surface area contributed by atoms with Gasteiger partial charge >= 0.3 is 0 Å². The molecule has 0 bridgehead atoms. The summed E-state index contributed by atoms with van der Waals surface area (Å²) in [7, 11) is 0. The average molecular weight is 444 g/mol. The smallest absolute Gasteiger partial charge is 0.261 e. The molecule has 1 fully saturated rings. The van der Waals surface area contributed by atoms with Crippen molar-refractivity contribution < 1.29 is 9.59 Å². The molecular weight excluding hydrogens is 418 g/mol. The van der Waals surface area contributed by atoms with Gasteiger partial charge in [0.15, 0.2) is 0 Å². The molecule has 2 aromatic carbocycles. The fourth-order valence-electron chi connectivity index (χ4n) is 4.26. The Labute approximate surface area is 174 Å². The maximum absolute atomic E-state index is 13.0. The highest BCUT2D eigenvalue weighted by Gasteiger charge is 2.33. The van der Waals surface area contributed by atoms with E-state index in [2.05, 4.69) is 38.7 Å². The zero-order valence-electron chi connectivity index (χ0n) is 16.3. The first kappa shape index (κ1) is 19.4.